The zero-order chi connectivity index (χ0) is 11.4. The normalized spacial score (nSPS) is 32.3. The monoisotopic (exact) mass is 242 g/mol. The standard InChI is InChI=1S/C12H22N2OS/c13-10-1-3-11(4-2-10)14-12(15)9-5-7-16-8-6-9/h9-11H,1-8,13H2,(H,14,15). The lowest BCUT2D eigenvalue weighted by Crippen LogP contribution is -2.43. The maximum atomic E-state index is 12.0. The molecule has 1 aliphatic carbocycles. The topological polar surface area (TPSA) is 55.1 Å². The molecule has 2 rings (SSSR count). The lowest BCUT2D eigenvalue weighted by atomic mass is 9.91. The summed E-state index contributed by atoms with van der Waals surface area (Å²) in [7, 11) is 0. The van der Waals surface area contributed by atoms with Gasteiger partial charge in [0.05, 0.1) is 0 Å². The second-order valence-corrected chi connectivity index (χ2v) is 6.23. The summed E-state index contributed by atoms with van der Waals surface area (Å²) >= 11 is 1.97. The van der Waals surface area contributed by atoms with E-state index < -0.39 is 0 Å². The molecule has 1 amide bonds. The highest BCUT2D eigenvalue weighted by atomic mass is 32.2. The van der Waals surface area contributed by atoms with E-state index in [2.05, 4.69) is 5.32 Å². The third-order valence-electron chi connectivity index (χ3n) is 3.71. The maximum absolute atomic E-state index is 12.0. The number of rotatable bonds is 2. The molecular weight excluding hydrogens is 220 g/mol. The predicted octanol–water partition coefficient (Wildman–Crippen LogP) is 1.52. The molecule has 0 bridgehead atoms. The molecule has 0 radical (unpaired) electrons. The first kappa shape index (κ1) is 12.2. The minimum absolute atomic E-state index is 0.275. The Labute approximate surface area is 102 Å². The summed E-state index contributed by atoms with van der Waals surface area (Å²) in [5.74, 6) is 2.86. The van der Waals surface area contributed by atoms with Crippen LogP contribution < -0.4 is 11.1 Å². The zero-order valence-corrected chi connectivity index (χ0v) is 10.6. The van der Waals surface area contributed by atoms with Crippen LogP contribution in [-0.2, 0) is 4.79 Å². The van der Waals surface area contributed by atoms with Gasteiger partial charge in [-0.05, 0) is 50.0 Å². The average molecular weight is 242 g/mol. The van der Waals surface area contributed by atoms with Gasteiger partial charge in [-0.3, -0.25) is 4.79 Å². The lowest BCUT2D eigenvalue weighted by molar-refractivity contribution is -0.126. The van der Waals surface area contributed by atoms with E-state index in [1.165, 1.54) is 0 Å². The molecule has 0 aromatic heterocycles. The largest absolute Gasteiger partial charge is 0.353 e. The van der Waals surface area contributed by atoms with Gasteiger partial charge in [0.25, 0.3) is 0 Å². The summed E-state index contributed by atoms with van der Waals surface area (Å²) in [5, 5.41) is 3.21. The van der Waals surface area contributed by atoms with Gasteiger partial charge < -0.3 is 11.1 Å². The van der Waals surface area contributed by atoms with Gasteiger partial charge in [-0.2, -0.15) is 11.8 Å². The van der Waals surface area contributed by atoms with Crippen molar-refractivity contribution in [1.29, 1.82) is 0 Å². The highest BCUT2D eigenvalue weighted by molar-refractivity contribution is 7.99. The molecule has 0 spiro atoms. The van der Waals surface area contributed by atoms with E-state index in [-0.39, 0.29) is 5.92 Å². The Kier molecular flexibility index (Phi) is 4.53. The van der Waals surface area contributed by atoms with Gasteiger partial charge in [0.15, 0.2) is 0 Å². The molecule has 0 aromatic carbocycles. The van der Waals surface area contributed by atoms with Crippen LogP contribution in [0.15, 0.2) is 0 Å². The third-order valence-corrected chi connectivity index (χ3v) is 4.76. The molecule has 0 unspecified atom stereocenters. The highest BCUT2D eigenvalue weighted by Crippen LogP contribution is 2.24. The fraction of sp³-hybridized carbons (Fsp3) is 0.917. The molecular formula is C12H22N2OS. The summed E-state index contributed by atoms with van der Waals surface area (Å²) < 4.78 is 0. The van der Waals surface area contributed by atoms with Crippen molar-refractivity contribution in [2.24, 2.45) is 11.7 Å². The molecule has 2 fully saturated rings. The van der Waals surface area contributed by atoms with Crippen LogP contribution in [0.1, 0.15) is 38.5 Å². The van der Waals surface area contributed by atoms with Crippen molar-refractivity contribution in [3.8, 4) is 0 Å². The van der Waals surface area contributed by atoms with Crippen LogP contribution in [0.4, 0.5) is 0 Å². The number of nitrogens with one attached hydrogen (secondary N) is 1. The smallest absolute Gasteiger partial charge is 0.223 e. The first-order valence-corrected chi connectivity index (χ1v) is 7.55. The Balaban J connectivity index is 1.73. The Bertz CT molecular complexity index is 233. The molecule has 0 atom stereocenters. The van der Waals surface area contributed by atoms with Crippen molar-refractivity contribution in [3.05, 3.63) is 0 Å². The van der Waals surface area contributed by atoms with Crippen molar-refractivity contribution in [2.75, 3.05) is 11.5 Å². The van der Waals surface area contributed by atoms with Gasteiger partial charge in [-0.15, -0.1) is 0 Å². The second kappa shape index (κ2) is 5.92. The van der Waals surface area contributed by atoms with E-state index in [0.717, 1.165) is 50.0 Å². The van der Waals surface area contributed by atoms with Crippen molar-refractivity contribution in [3.63, 3.8) is 0 Å². The number of nitrogens with two attached hydrogens (primary N) is 1. The molecule has 1 heterocycles. The Morgan fingerprint density at radius 1 is 1.06 bits per heavy atom. The van der Waals surface area contributed by atoms with Crippen molar-refractivity contribution in [2.45, 2.75) is 50.6 Å². The summed E-state index contributed by atoms with van der Waals surface area (Å²) in [5.41, 5.74) is 5.86. The summed E-state index contributed by atoms with van der Waals surface area (Å²) in [6.07, 6.45) is 6.37. The van der Waals surface area contributed by atoms with E-state index in [9.17, 15) is 4.79 Å². The fourth-order valence-corrected chi connectivity index (χ4v) is 3.65. The predicted molar refractivity (Wildman–Crippen MR) is 68.4 cm³/mol. The molecule has 2 aliphatic rings. The third kappa shape index (κ3) is 3.39. The first-order chi connectivity index (χ1) is 7.75. The number of carbonyl (C=O) groups excluding carboxylic acids is 1. The van der Waals surface area contributed by atoms with E-state index in [0.29, 0.717) is 18.0 Å². The first-order valence-electron chi connectivity index (χ1n) is 6.39. The van der Waals surface area contributed by atoms with E-state index in [4.69, 9.17) is 5.73 Å². The van der Waals surface area contributed by atoms with Gasteiger partial charge in [-0.25, -0.2) is 0 Å². The van der Waals surface area contributed by atoms with Crippen molar-refractivity contribution in [1.82, 2.24) is 5.32 Å². The van der Waals surface area contributed by atoms with Crippen molar-refractivity contribution < 1.29 is 4.79 Å². The number of thioether (sulfide) groups is 1. The van der Waals surface area contributed by atoms with Crippen LogP contribution in [0.3, 0.4) is 0 Å². The molecule has 3 nitrogen and oxygen atoms in total. The minimum atomic E-state index is 0.275. The van der Waals surface area contributed by atoms with Crippen LogP contribution in [0.2, 0.25) is 0 Å². The molecule has 1 saturated heterocycles. The van der Waals surface area contributed by atoms with Crippen molar-refractivity contribution >= 4 is 17.7 Å². The van der Waals surface area contributed by atoms with Gasteiger partial charge in [0.2, 0.25) is 5.91 Å². The molecule has 92 valence electrons. The van der Waals surface area contributed by atoms with Crippen LogP contribution in [0.5, 0.6) is 0 Å². The zero-order valence-electron chi connectivity index (χ0n) is 9.78. The molecule has 1 aliphatic heterocycles. The van der Waals surface area contributed by atoms with Crippen LogP contribution >= 0.6 is 11.8 Å². The Morgan fingerprint density at radius 2 is 1.69 bits per heavy atom. The van der Waals surface area contributed by atoms with Gasteiger partial charge in [0.1, 0.15) is 0 Å². The summed E-state index contributed by atoms with van der Waals surface area (Å²) in [4.78, 5) is 12.0. The summed E-state index contributed by atoms with van der Waals surface area (Å²) in [6.45, 7) is 0. The van der Waals surface area contributed by atoms with Gasteiger partial charge in [0, 0.05) is 18.0 Å². The minimum Gasteiger partial charge on any atom is -0.353 e. The average Bonchev–Trinajstić information content (AvgIpc) is 2.33. The van der Waals surface area contributed by atoms with Crippen LogP contribution in [0.25, 0.3) is 0 Å². The van der Waals surface area contributed by atoms with Gasteiger partial charge in [-0.1, -0.05) is 0 Å². The molecule has 0 aromatic rings. The maximum Gasteiger partial charge on any atom is 0.223 e. The molecule has 3 N–H and O–H groups in total. The van der Waals surface area contributed by atoms with E-state index in [1.807, 2.05) is 11.8 Å². The SMILES string of the molecule is NC1CCC(NC(=O)C2CCSCC2)CC1. The van der Waals surface area contributed by atoms with E-state index >= 15 is 0 Å². The fourth-order valence-electron chi connectivity index (χ4n) is 2.54. The van der Waals surface area contributed by atoms with Crippen LogP contribution in [-0.4, -0.2) is 29.5 Å². The Morgan fingerprint density at radius 3 is 2.31 bits per heavy atom. The molecule has 1 saturated carbocycles. The number of hydrogen-bond acceptors (Lipinski definition) is 3. The lowest BCUT2D eigenvalue weighted by Gasteiger charge is -2.29. The molecule has 16 heavy (non-hydrogen) atoms. The highest BCUT2D eigenvalue weighted by Gasteiger charge is 2.25. The number of carbonyl (C=O) groups is 1. The second-order valence-electron chi connectivity index (χ2n) is 5.01. The number of amides is 1. The Hall–Kier alpha value is -0.220. The number of hydrogen-bond donors (Lipinski definition) is 2. The van der Waals surface area contributed by atoms with Crippen LogP contribution in [0, 0.1) is 5.92 Å². The summed E-state index contributed by atoms with van der Waals surface area (Å²) in [6, 6.07) is 0.751. The van der Waals surface area contributed by atoms with E-state index in [1.54, 1.807) is 0 Å². The molecule has 4 heteroatoms. The quantitative estimate of drug-likeness (QED) is 0.772. The van der Waals surface area contributed by atoms with Gasteiger partial charge >= 0.3 is 0 Å².